The number of rotatable bonds is 3. The van der Waals surface area contributed by atoms with Crippen molar-refractivity contribution in [3.05, 3.63) is 23.0 Å². The van der Waals surface area contributed by atoms with E-state index in [1.54, 1.807) is 0 Å². The molecule has 0 aliphatic heterocycles. The van der Waals surface area contributed by atoms with Gasteiger partial charge in [-0.25, -0.2) is 9.59 Å². The number of esters is 1. The van der Waals surface area contributed by atoms with Crippen LogP contribution in [0.3, 0.4) is 0 Å². The number of carboxylic acid groups (broad SMARTS) is 1. The van der Waals surface area contributed by atoms with Crippen LogP contribution in [0.5, 0.6) is 5.75 Å². The summed E-state index contributed by atoms with van der Waals surface area (Å²) in [4.78, 5) is 26.2. The number of carbonyl (C=O) groups excluding carboxylic acids is 1. The molecule has 0 aliphatic carbocycles. The Morgan fingerprint density at radius 1 is 1.38 bits per heavy atom. The average molecular weight is 225 g/mol. The van der Waals surface area contributed by atoms with Gasteiger partial charge in [-0.2, -0.15) is 0 Å². The van der Waals surface area contributed by atoms with E-state index in [4.69, 9.17) is 9.84 Å². The summed E-state index contributed by atoms with van der Waals surface area (Å²) < 4.78 is 9.42. The van der Waals surface area contributed by atoms with E-state index < -0.39 is 11.9 Å². The predicted octanol–water partition coefficient (Wildman–Crippen LogP) is 0.883. The molecule has 6 heteroatoms. The first-order chi connectivity index (χ1) is 7.52. The highest BCUT2D eigenvalue weighted by Crippen LogP contribution is 2.25. The third kappa shape index (κ3) is 1.95. The maximum absolute atomic E-state index is 11.3. The van der Waals surface area contributed by atoms with Gasteiger partial charge in [0.2, 0.25) is 0 Å². The number of aryl methyl sites for hydroxylation is 1. The molecule has 6 nitrogen and oxygen atoms in total. The van der Waals surface area contributed by atoms with Crippen LogP contribution in [0.4, 0.5) is 0 Å². The molecule has 0 saturated heterocycles. The summed E-state index contributed by atoms with van der Waals surface area (Å²) in [6, 6.07) is 0. The van der Waals surface area contributed by atoms with Crippen molar-refractivity contribution in [2.45, 2.75) is 6.92 Å². The minimum absolute atomic E-state index is 0.00648. The number of nitrogens with zero attached hydrogens (tertiary/aromatic N) is 1. The zero-order chi connectivity index (χ0) is 12.3. The fourth-order valence-corrected chi connectivity index (χ4v) is 1.30. The second-order valence-electron chi connectivity index (χ2n) is 2.96. The van der Waals surface area contributed by atoms with Gasteiger partial charge in [-0.05, 0) is 6.92 Å². The first-order valence-electron chi connectivity index (χ1n) is 4.38. The molecule has 86 valence electrons. The zero-order valence-electron chi connectivity index (χ0n) is 9.10. The Labute approximate surface area is 91.8 Å². The van der Waals surface area contributed by atoms with Gasteiger partial charge in [0.05, 0.1) is 19.9 Å². The molecule has 0 radical (unpaired) electrons. The lowest BCUT2D eigenvalue weighted by atomic mass is 10.1. The molecular weight excluding hydrogens is 214 g/mol. The number of aromatic carboxylic acids is 1. The molecule has 0 fully saturated rings. The molecule has 0 aromatic carbocycles. The molecule has 1 rings (SSSR count). The number of carbonyl (C=O) groups is 2. The minimum Gasteiger partial charge on any atom is -0.495 e. The van der Waals surface area contributed by atoms with E-state index in [1.807, 2.05) is 0 Å². The van der Waals surface area contributed by atoms with Crippen molar-refractivity contribution in [2.24, 2.45) is 0 Å². The van der Waals surface area contributed by atoms with Crippen molar-refractivity contribution in [1.29, 1.82) is 0 Å². The Hall–Kier alpha value is -2.11. The third-order valence-corrected chi connectivity index (χ3v) is 2.04. The smallest absolute Gasteiger partial charge is 0.343 e. The van der Waals surface area contributed by atoms with Crippen LogP contribution in [-0.2, 0) is 4.74 Å². The average Bonchev–Trinajstić information content (AvgIpc) is 2.26. The van der Waals surface area contributed by atoms with E-state index in [0.717, 1.165) is 0 Å². The quantitative estimate of drug-likeness (QED) is 0.768. The second kappa shape index (κ2) is 4.61. The third-order valence-electron chi connectivity index (χ3n) is 2.04. The molecule has 16 heavy (non-hydrogen) atoms. The molecule has 1 heterocycles. The van der Waals surface area contributed by atoms with Gasteiger partial charge in [0.15, 0.2) is 5.75 Å². The van der Waals surface area contributed by atoms with Crippen molar-refractivity contribution in [3.8, 4) is 5.75 Å². The lowest BCUT2D eigenvalue weighted by Gasteiger charge is -2.10. The summed E-state index contributed by atoms with van der Waals surface area (Å²) in [7, 11) is 2.48. The Kier molecular flexibility index (Phi) is 3.44. The van der Waals surface area contributed by atoms with Gasteiger partial charge >= 0.3 is 11.9 Å². The largest absolute Gasteiger partial charge is 0.495 e. The van der Waals surface area contributed by atoms with Crippen molar-refractivity contribution >= 4 is 11.9 Å². The van der Waals surface area contributed by atoms with Gasteiger partial charge in [0, 0.05) is 6.20 Å². The minimum atomic E-state index is -1.20. The molecule has 1 aromatic rings. The summed E-state index contributed by atoms with van der Waals surface area (Å²) in [5.41, 5.74) is 0.135. The molecule has 0 bridgehead atoms. The van der Waals surface area contributed by atoms with Gasteiger partial charge in [0.1, 0.15) is 11.1 Å². The summed E-state index contributed by atoms with van der Waals surface area (Å²) in [5.74, 6) is -1.92. The SMILES string of the molecule is COC(=O)c1cnc(C)c(C(=O)O)c1OC. The Bertz CT molecular complexity index is 441. The second-order valence-corrected chi connectivity index (χ2v) is 2.96. The molecule has 1 aromatic heterocycles. The topological polar surface area (TPSA) is 85.7 Å². The summed E-state index contributed by atoms with van der Waals surface area (Å²) in [5, 5.41) is 8.98. The van der Waals surface area contributed by atoms with E-state index in [0.29, 0.717) is 0 Å². The molecule has 0 spiro atoms. The standard InChI is InChI=1S/C10H11NO5/c1-5-7(9(12)13)8(15-2)6(4-11-5)10(14)16-3/h4H,1-3H3,(H,12,13). The van der Waals surface area contributed by atoms with E-state index in [1.165, 1.54) is 27.3 Å². The number of hydrogen-bond donors (Lipinski definition) is 1. The normalized spacial score (nSPS) is 9.69. The zero-order valence-corrected chi connectivity index (χ0v) is 9.10. The highest BCUT2D eigenvalue weighted by molar-refractivity contribution is 5.99. The van der Waals surface area contributed by atoms with E-state index in [9.17, 15) is 9.59 Å². The van der Waals surface area contributed by atoms with E-state index in [2.05, 4.69) is 9.72 Å². The monoisotopic (exact) mass is 225 g/mol. The molecule has 0 amide bonds. The fourth-order valence-electron chi connectivity index (χ4n) is 1.30. The van der Waals surface area contributed by atoms with E-state index in [-0.39, 0.29) is 22.6 Å². The van der Waals surface area contributed by atoms with Gasteiger partial charge in [-0.3, -0.25) is 4.98 Å². The maximum Gasteiger partial charge on any atom is 0.343 e. The lowest BCUT2D eigenvalue weighted by Crippen LogP contribution is -2.12. The number of hydrogen-bond acceptors (Lipinski definition) is 5. The van der Waals surface area contributed by atoms with Gasteiger partial charge in [-0.1, -0.05) is 0 Å². The van der Waals surface area contributed by atoms with Crippen LogP contribution in [0.25, 0.3) is 0 Å². The number of carboxylic acids is 1. The number of pyridine rings is 1. The molecule has 0 saturated carbocycles. The van der Waals surface area contributed by atoms with Crippen molar-refractivity contribution in [2.75, 3.05) is 14.2 Å². The maximum atomic E-state index is 11.3. The first-order valence-corrected chi connectivity index (χ1v) is 4.38. The van der Waals surface area contributed by atoms with E-state index >= 15 is 0 Å². The number of aromatic nitrogens is 1. The molecule has 0 aliphatic rings. The molecular formula is C10H11NO5. The van der Waals surface area contributed by atoms with Crippen LogP contribution >= 0.6 is 0 Å². The number of methoxy groups -OCH3 is 2. The Morgan fingerprint density at radius 3 is 2.44 bits per heavy atom. The van der Waals surface area contributed by atoms with Crippen molar-refractivity contribution in [1.82, 2.24) is 4.98 Å². The van der Waals surface area contributed by atoms with Crippen LogP contribution in [0.1, 0.15) is 26.4 Å². The Morgan fingerprint density at radius 2 is 2.00 bits per heavy atom. The van der Waals surface area contributed by atoms with Crippen molar-refractivity contribution < 1.29 is 24.2 Å². The van der Waals surface area contributed by atoms with Crippen LogP contribution in [0.15, 0.2) is 6.20 Å². The summed E-state index contributed by atoms with van der Waals surface area (Å²) in [6.07, 6.45) is 1.23. The highest BCUT2D eigenvalue weighted by Gasteiger charge is 2.23. The van der Waals surface area contributed by atoms with Crippen LogP contribution in [0, 0.1) is 6.92 Å². The Balaban J connectivity index is 3.48. The van der Waals surface area contributed by atoms with Crippen LogP contribution in [-0.4, -0.2) is 36.2 Å². The van der Waals surface area contributed by atoms with Gasteiger partial charge in [0.25, 0.3) is 0 Å². The van der Waals surface area contributed by atoms with Crippen LogP contribution < -0.4 is 4.74 Å². The van der Waals surface area contributed by atoms with Crippen LogP contribution in [0.2, 0.25) is 0 Å². The van der Waals surface area contributed by atoms with Crippen molar-refractivity contribution in [3.63, 3.8) is 0 Å². The van der Waals surface area contributed by atoms with Gasteiger partial charge < -0.3 is 14.6 Å². The lowest BCUT2D eigenvalue weighted by molar-refractivity contribution is 0.0596. The molecule has 1 N–H and O–H groups in total. The summed E-state index contributed by atoms with van der Waals surface area (Å²) >= 11 is 0. The first kappa shape index (κ1) is 12.0. The fraction of sp³-hybridized carbons (Fsp3) is 0.300. The molecule has 0 atom stereocenters. The highest BCUT2D eigenvalue weighted by atomic mass is 16.5. The predicted molar refractivity (Wildman–Crippen MR) is 53.8 cm³/mol. The summed E-state index contributed by atoms with van der Waals surface area (Å²) in [6.45, 7) is 1.52. The molecule has 0 unspecified atom stereocenters. The van der Waals surface area contributed by atoms with Gasteiger partial charge in [-0.15, -0.1) is 0 Å². The number of ether oxygens (including phenoxy) is 2.